The van der Waals surface area contributed by atoms with Crippen LogP contribution in [0, 0.1) is 0 Å². The number of rotatable bonds is 9. The van der Waals surface area contributed by atoms with Crippen LogP contribution in [0.15, 0.2) is 54.3 Å². The maximum atomic E-state index is 13.8. The fraction of sp³-hybridized carbons (Fsp3) is 0.441. The lowest BCUT2D eigenvalue weighted by Crippen LogP contribution is -2.74. The molecule has 14 nitrogen and oxygen atoms in total. The summed E-state index contributed by atoms with van der Waals surface area (Å²) in [5.74, 6) is -6.07. The predicted molar refractivity (Wildman–Crippen MR) is 164 cm³/mol. The number of carboxylic acid groups (broad SMARTS) is 2. The molecule has 17 heteroatoms. The number of esters is 3. The van der Waals surface area contributed by atoms with Crippen molar-refractivity contribution >= 4 is 29.8 Å². The third kappa shape index (κ3) is 6.70. The summed E-state index contributed by atoms with van der Waals surface area (Å²) < 4.78 is 60.2. The normalized spacial score (nSPS) is 25.3. The predicted octanol–water partition coefficient (Wildman–Crippen LogP) is 2.84. The van der Waals surface area contributed by atoms with Crippen molar-refractivity contribution in [2.45, 2.75) is 74.2 Å². The monoisotopic (exact) mass is 721 g/mol. The van der Waals surface area contributed by atoms with Gasteiger partial charge in [0.1, 0.15) is 5.76 Å². The van der Waals surface area contributed by atoms with Gasteiger partial charge >= 0.3 is 36.0 Å². The van der Waals surface area contributed by atoms with Crippen LogP contribution in [-0.4, -0.2) is 101 Å². The van der Waals surface area contributed by atoms with Crippen molar-refractivity contribution in [2.24, 2.45) is 0 Å². The van der Waals surface area contributed by atoms with Crippen LogP contribution in [0.1, 0.15) is 49.0 Å². The number of carbonyl (C=O) groups is 5. The third-order valence-electron chi connectivity index (χ3n) is 9.50. The first kappa shape index (κ1) is 37.1. The number of halogens is 3. The lowest BCUT2D eigenvalue weighted by Gasteiger charge is -2.61. The number of ether oxygens (including phenoxy) is 5. The molecule has 1 spiro atoms. The van der Waals surface area contributed by atoms with Crippen molar-refractivity contribution in [1.82, 2.24) is 4.90 Å². The largest absolute Gasteiger partial charge is 0.493 e. The fourth-order valence-corrected chi connectivity index (χ4v) is 7.36. The van der Waals surface area contributed by atoms with Crippen LogP contribution in [0.3, 0.4) is 0 Å². The van der Waals surface area contributed by atoms with Gasteiger partial charge in [0.25, 0.3) is 0 Å². The van der Waals surface area contributed by atoms with Crippen LogP contribution in [0.25, 0.3) is 0 Å². The van der Waals surface area contributed by atoms with Crippen LogP contribution >= 0.6 is 0 Å². The number of carbonyl (C=O) groups excluding carboxylic acids is 3. The molecule has 3 N–H and O–H groups in total. The van der Waals surface area contributed by atoms with Gasteiger partial charge in [0.2, 0.25) is 12.2 Å². The number of nitrogens with zero attached hydrogens (tertiary/aromatic N) is 1. The average molecular weight is 722 g/mol. The number of aliphatic hydroxyl groups is 1. The molecule has 0 saturated carbocycles. The highest BCUT2D eigenvalue weighted by molar-refractivity contribution is 5.87. The second-order valence-electron chi connectivity index (χ2n) is 12.4. The minimum atomic E-state index is -5.08. The smallest absolute Gasteiger partial charge is 0.490 e. The zero-order valence-corrected chi connectivity index (χ0v) is 27.5. The van der Waals surface area contributed by atoms with E-state index in [9.17, 15) is 42.6 Å². The summed E-state index contributed by atoms with van der Waals surface area (Å²) in [6, 6.07) is 11.7. The fourth-order valence-electron chi connectivity index (χ4n) is 7.36. The maximum absolute atomic E-state index is 13.8. The van der Waals surface area contributed by atoms with Gasteiger partial charge < -0.3 is 43.9 Å². The highest BCUT2D eigenvalue weighted by Gasteiger charge is 2.72. The molecule has 2 bridgehead atoms. The molecule has 6 rings (SSSR count). The topological polar surface area (TPSA) is 195 Å². The van der Waals surface area contributed by atoms with Gasteiger partial charge in [-0.2, -0.15) is 13.2 Å². The summed E-state index contributed by atoms with van der Waals surface area (Å²) in [6.45, 7) is 1.70. The highest BCUT2D eigenvalue weighted by Crippen LogP contribution is 2.65. The Morgan fingerprint density at radius 3 is 2.29 bits per heavy atom. The van der Waals surface area contributed by atoms with E-state index < -0.39 is 71.8 Å². The molecule has 0 radical (unpaired) electrons. The molecule has 6 atom stereocenters. The number of piperidine rings is 1. The zero-order valence-electron chi connectivity index (χ0n) is 27.5. The summed E-state index contributed by atoms with van der Waals surface area (Å²) in [5, 5.41) is 28.8. The first-order valence-electron chi connectivity index (χ1n) is 15.6. The van der Waals surface area contributed by atoms with Crippen LogP contribution in [0.5, 0.6) is 11.5 Å². The van der Waals surface area contributed by atoms with Gasteiger partial charge in [-0.15, -0.1) is 0 Å². The summed E-state index contributed by atoms with van der Waals surface area (Å²) >= 11 is 0. The van der Waals surface area contributed by atoms with Gasteiger partial charge in [-0.1, -0.05) is 36.4 Å². The Bertz CT molecular complexity index is 1750. The Morgan fingerprint density at radius 1 is 1.04 bits per heavy atom. The summed E-state index contributed by atoms with van der Waals surface area (Å²) in [5.41, 5.74) is 0.00468. The summed E-state index contributed by atoms with van der Waals surface area (Å²) in [4.78, 5) is 60.8. The molecule has 51 heavy (non-hydrogen) atoms. The molecule has 1 fully saturated rings. The van der Waals surface area contributed by atoms with Gasteiger partial charge in [-0.3, -0.25) is 9.59 Å². The zero-order chi connectivity index (χ0) is 37.5. The van der Waals surface area contributed by atoms with E-state index in [4.69, 9.17) is 33.6 Å². The number of likely N-dealkylation sites (N-methyl/N-ethyl adjacent to an activating group) is 1. The third-order valence-corrected chi connectivity index (χ3v) is 9.50. The lowest BCUT2D eigenvalue weighted by atomic mass is 9.50. The van der Waals surface area contributed by atoms with Crippen LogP contribution in [-0.2, 0) is 50.0 Å². The first-order valence-corrected chi connectivity index (χ1v) is 15.6. The molecule has 2 aliphatic carbocycles. The van der Waals surface area contributed by atoms with Crippen molar-refractivity contribution in [1.29, 1.82) is 0 Å². The van der Waals surface area contributed by atoms with Gasteiger partial charge in [0.05, 0.1) is 24.5 Å². The Hall–Kier alpha value is -5.16. The molecule has 2 aromatic rings. The molecule has 4 aliphatic rings. The van der Waals surface area contributed by atoms with Crippen LogP contribution in [0.2, 0.25) is 0 Å². The van der Waals surface area contributed by atoms with Gasteiger partial charge in [0, 0.05) is 30.5 Å². The molecular formula is C34H34F3NO13. The number of likely N-dealkylation sites (tertiary alicyclic amines) is 1. The van der Waals surface area contributed by atoms with Crippen molar-refractivity contribution in [2.75, 3.05) is 20.7 Å². The van der Waals surface area contributed by atoms with Crippen molar-refractivity contribution in [3.8, 4) is 11.5 Å². The number of hydrogen-bond donors (Lipinski definition) is 3. The Balaban J connectivity index is 0.000000654. The quantitative estimate of drug-likeness (QED) is 0.253. The van der Waals surface area contributed by atoms with Crippen LogP contribution < -0.4 is 9.47 Å². The second-order valence-corrected chi connectivity index (χ2v) is 12.4. The van der Waals surface area contributed by atoms with Gasteiger partial charge in [0.15, 0.2) is 17.6 Å². The minimum absolute atomic E-state index is 0.160. The number of alkyl halides is 3. The van der Waals surface area contributed by atoms with E-state index in [-0.39, 0.29) is 23.8 Å². The molecule has 2 aliphatic heterocycles. The molecular weight excluding hydrogens is 687 g/mol. The van der Waals surface area contributed by atoms with Crippen molar-refractivity contribution in [3.63, 3.8) is 0 Å². The molecule has 2 heterocycles. The Morgan fingerprint density at radius 2 is 1.71 bits per heavy atom. The number of aliphatic carboxylic acids is 2. The first-order chi connectivity index (χ1) is 23.9. The standard InChI is InChI=1S/C32H33NO11.C2HF3O2/c1-17(34)41-22(16-24(35)36)29(37)44-26(18-7-5-4-6-8-18)30(38)42-21-11-12-32(39)23-15-19-9-10-20(40-3)27-25(19)31(32,28(21)43-27)13-14-33(23)2;3-2(4,5)1(6)7/h4-11,22-23,26,28,39H,12-16H2,1-3H3,(H,35,36);(H,6,7)/t22-,23+,26-,28-,31-,32+;/m0./s1. The molecule has 0 unspecified atom stereocenters. The maximum Gasteiger partial charge on any atom is 0.490 e. The Labute approximate surface area is 288 Å². The van der Waals surface area contributed by atoms with E-state index in [1.165, 1.54) is 7.11 Å². The van der Waals surface area contributed by atoms with E-state index in [0.717, 1.165) is 18.1 Å². The average Bonchev–Trinajstić information content (AvgIpc) is 3.42. The Kier molecular flexibility index (Phi) is 10.1. The second kappa shape index (κ2) is 13.9. The number of methoxy groups -OCH3 is 1. The van der Waals surface area contributed by atoms with E-state index in [0.29, 0.717) is 30.9 Å². The molecule has 0 amide bonds. The number of carboxylic acids is 2. The van der Waals surface area contributed by atoms with Crippen molar-refractivity contribution in [3.05, 3.63) is 71.0 Å². The van der Waals surface area contributed by atoms with E-state index in [2.05, 4.69) is 4.90 Å². The van der Waals surface area contributed by atoms with Crippen molar-refractivity contribution < 1.29 is 76.1 Å². The van der Waals surface area contributed by atoms with E-state index in [1.807, 2.05) is 19.2 Å². The molecule has 1 saturated heterocycles. The summed E-state index contributed by atoms with van der Waals surface area (Å²) in [6.07, 6.45) is -7.24. The number of hydrogen-bond acceptors (Lipinski definition) is 12. The van der Waals surface area contributed by atoms with E-state index >= 15 is 0 Å². The minimum Gasteiger partial charge on any atom is -0.493 e. The summed E-state index contributed by atoms with van der Waals surface area (Å²) in [7, 11) is 3.53. The SMILES string of the molecule is COc1ccc2c3c1O[C@H]1C(OC(=O)[C@@H](OC(=O)[C@H](CC(=O)O)OC(C)=O)c4ccccc4)=CC[C@@]4(O)[C@@H](C2)N(C)CC[C@]314.O=C(O)C(F)(F)F. The molecule has 0 aromatic heterocycles. The molecule has 274 valence electrons. The lowest BCUT2D eigenvalue weighted by molar-refractivity contribution is -0.192. The van der Waals surface area contributed by atoms with Gasteiger partial charge in [-0.25, -0.2) is 14.4 Å². The molecule has 2 aromatic carbocycles. The van der Waals surface area contributed by atoms with E-state index in [1.54, 1.807) is 36.4 Å². The number of benzene rings is 2. The van der Waals surface area contributed by atoms with Crippen LogP contribution in [0.4, 0.5) is 13.2 Å². The van der Waals surface area contributed by atoms with Gasteiger partial charge in [-0.05, 0) is 44.1 Å². The highest BCUT2D eigenvalue weighted by atomic mass is 19.4.